The van der Waals surface area contributed by atoms with Gasteiger partial charge in [0.15, 0.2) is 0 Å². The van der Waals surface area contributed by atoms with Crippen LogP contribution in [0.3, 0.4) is 0 Å². The predicted molar refractivity (Wildman–Crippen MR) is 185 cm³/mol. The number of carbonyl (C=O) groups excluding carboxylic acids is 1. The highest BCUT2D eigenvalue weighted by molar-refractivity contribution is 7.92. The molecule has 10 heteroatoms. The number of fused-ring (bicyclic) bond motifs is 2. The molecular formula is C37H29FN4O4S. The van der Waals surface area contributed by atoms with Crippen LogP contribution in [0.2, 0.25) is 0 Å². The second kappa shape index (κ2) is 11.6. The molecule has 0 spiro atoms. The Morgan fingerprint density at radius 2 is 1.62 bits per heavy atom. The standard InChI is InChI=1S/C37H29FN4O4S/c1-41(28-11-7-17-39-22-28)37(43)35-30-20-29(24-9-6-10-25(18-24)32-19-26-8-4-5-12-31(26)40-32)33(42(2)47(3,44)45)21-34(30)46-36(35)23-13-15-27(38)16-14-23/h4-22,40H,1-3H3. The Bertz CT molecular complexity index is 2370. The zero-order chi connectivity index (χ0) is 32.9. The van der Waals surface area contributed by atoms with Gasteiger partial charge in [0.2, 0.25) is 10.0 Å². The lowest BCUT2D eigenvalue weighted by Crippen LogP contribution is -2.26. The molecule has 3 aromatic heterocycles. The van der Waals surface area contributed by atoms with Crippen molar-refractivity contribution in [1.29, 1.82) is 0 Å². The molecule has 0 aliphatic carbocycles. The Kier molecular flexibility index (Phi) is 7.37. The third kappa shape index (κ3) is 5.53. The fourth-order valence-electron chi connectivity index (χ4n) is 5.74. The van der Waals surface area contributed by atoms with Crippen molar-refractivity contribution in [3.8, 4) is 33.7 Å². The number of pyridine rings is 1. The Balaban J connectivity index is 1.47. The van der Waals surface area contributed by atoms with E-state index in [0.717, 1.165) is 34.0 Å². The number of rotatable bonds is 7. The van der Waals surface area contributed by atoms with Gasteiger partial charge in [-0.15, -0.1) is 0 Å². The molecule has 47 heavy (non-hydrogen) atoms. The highest BCUT2D eigenvalue weighted by Crippen LogP contribution is 2.42. The summed E-state index contributed by atoms with van der Waals surface area (Å²) in [6.45, 7) is 0. The predicted octanol–water partition coefficient (Wildman–Crippen LogP) is 8.12. The minimum atomic E-state index is -3.70. The quantitative estimate of drug-likeness (QED) is 0.189. The van der Waals surface area contributed by atoms with Crippen LogP contribution in [-0.4, -0.2) is 44.6 Å². The molecule has 0 fully saturated rings. The first-order valence-electron chi connectivity index (χ1n) is 14.8. The average Bonchev–Trinajstić information content (AvgIpc) is 3.69. The lowest BCUT2D eigenvalue weighted by molar-refractivity contribution is 0.0994. The van der Waals surface area contributed by atoms with Crippen LogP contribution in [-0.2, 0) is 10.0 Å². The smallest absolute Gasteiger partial charge is 0.262 e. The van der Waals surface area contributed by atoms with Crippen LogP contribution in [0.5, 0.6) is 0 Å². The van der Waals surface area contributed by atoms with E-state index in [-0.39, 0.29) is 17.2 Å². The maximum absolute atomic E-state index is 14.3. The van der Waals surface area contributed by atoms with Gasteiger partial charge in [0, 0.05) is 59.5 Å². The van der Waals surface area contributed by atoms with Crippen LogP contribution in [0, 0.1) is 5.82 Å². The molecule has 7 aromatic rings. The molecule has 0 aliphatic rings. The first kappa shape index (κ1) is 29.9. The van der Waals surface area contributed by atoms with E-state index in [1.54, 1.807) is 55.8 Å². The van der Waals surface area contributed by atoms with E-state index >= 15 is 0 Å². The number of halogens is 1. The van der Waals surface area contributed by atoms with Crippen molar-refractivity contribution in [2.45, 2.75) is 0 Å². The van der Waals surface area contributed by atoms with Crippen LogP contribution >= 0.6 is 0 Å². The summed E-state index contributed by atoms with van der Waals surface area (Å²) in [5, 5.41) is 1.54. The fourth-order valence-corrected chi connectivity index (χ4v) is 6.25. The third-order valence-electron chi connectivity index (χ3n) is 8.32. The van der Waals surface area contributed by atoms with Gasteiger partial charge in [0.05, 0.1) is 29.4 Å². The lowest BCUT2D eigenvalue weighted by atomic mass is 9.96. The van der Waals surface area contributed by atoms with Crippen molar-refractivity contribution in [3.63, 3.8) is 0 Å². The molecule has 1 amide bonds. The first-order valence-corrected chi connectivity index (χ1v) is 16.6. The van der Waals surface area contributed by atoms with Crippen molar-refractivity contribution >= 4 is 49.2 Å². The average molecular weight is 645 g/mol. The summed E-state index contributed by atoms with van der Waals surface area (Å²) >= 11 is 0. The molecule has 3 heterocycles. The van der Waals surface area contributed by atoms with Crippen LogP contribution in [0.15, 0.2) is 120 Å². The van der Waals surface area contributed by atoms with Crippen LogP contribution in [0.4, 0.5) is 15.8 Å². The molecule has 0 unspecified atom stereocenters. The van der Waals surface area contributed by atoms with E-state index in [0.29, 0.717) is 33.5 Å². The number of carbonyl (C=O) groups is 1. The number of benzene rings is 4. The molecule has 234 valence electrons. The summed E-state index contributed by atoms with van der Waals surface area (Å²) in [5.74, 6) is -0.574. The highest BCUT2D eigenvalue weighted by atomic mass is 32.2. The topological polar surface area (TPSA) is 99.5 Å². The first-order chi connectivity index (χ1) is 22.6. The molecule has 0 saturated heterocycles. The highest BCUT2D eigenvalue weighted by Gasteiger charge is 2.28. The number of aromatic nitrogens is 2. The van der Waals surface area contributed by atoms with E-state index in [1.165, 1.54) is 28.4 Å². The van der Waals surface area contributed by atoms with Gasteiger partial charge in [0.25, 0.3) is 5.91 Å². The number of H-pyrrole nitrogens is 1. The summed E-state index contributed by atoms with van der Waals surface area (Å²) in [7, 11) is -0.577. The monoisotopic (exact) mass is 644 g/mol. The van der Waals surface area contributed by atoms with Gasteiger partial charge in [-0.2, -0.15) is 0 Å². The molecule has 1 N–H and O–H groups in total. The van der Waals surface area contributed by atoms with Gasteiger partial charge in [-0.3, -0.25) is 14.1 Å². The Labute approximate surface area is 270 Å². The molecule has 7 rings (SSSR count). The van der Waals surface area contributed by atoms with Crippen molar-refractivity contribution in [2.75, 3.05) is 29.6 Å². The fraction of sp³-hybridized carbons (Fsp3) is 0.0811. The normalized spacial score (nSPS) is 11.7. The number of aromatic amines is 1. The molecule has 0 atom stereocenters. The van der Waals surface area contributed by atoms with E-state index in [4.69, 9.17) is 4.42 Å². The number of hydrogen-bond acceptors (Lipinski definition) is 5. The summed E-state index contributed by atoms with van der Waals surface area (Å²) in [6.07, 6.45) is 4.33. The zero-order valence-electron chi connectivity index (χ0n) is 25.7. The SMILES string of the molecule is CN(C(=O)c1c(-c2ccc(F)cc2)oc2cc(N(C)S(C)(=O)=O)c(-c3cccc(-c4cc5ccccc5[nH]4)c3)cc12)c1cccnc1. The number of para-hydroxylation sites is 1. The Morgan fingerprint density at radius 1 is 0.851 bits per heavy atom. The number of furan rings is 1. The van der Waals surface area contributed by atoms with Gasteiger partial charge >= 0.3 is 0 Å². The largest absolute Gasteiger partial charge is 0.455 e. The van der Waals surface area contributed by atoms with Crippen molar-refractivity contribution in [1.82, 2.24) is 9.97 Å². The van der Waals surface area contributed by atoms with Crippen molar-refractivity contribution in [2.24, 2.45) is 0 Å². The number of nitrogens with one attached hydrogen (secondary N) is 1. The van der Waals surface area contributed by atoms with Gasteiger partial charge in [-0.25, -0.2) is 12.8 Å². The lowest BCUT2D eigenvalue weighted by Gasteiger charge is -2.21. The Hall–Kier alpha value is -5.74. The zero-order valence-corrected chi connectivity index (χ0v) is 26.5. The third-order valence-corrected chi connectivity index (χ3v) is 9.51. The van der Waals surface area contributed by atoms with Gasteiger partial charge in [-0.05, 0) is 71.8 Å². The van der Waals surface area contributed by atoms with Crippen molar-refractivity contribution in [3.05, 3.63) is 127 Å². The molecule has 0 aliphatic heterocycles. The number of hydrogen-bond donors (Lipinski definition) is 1. The molecular weight excluding hydrogens is 615 g/mol. The summed E-state index contributed by atoms with van der Waals surface area (Å²) in [4.78, 5) is 23.4. The number of amides is 1. The van der Waals surface area contributed by atoms with Crippen molar-refractivity contribution < 1.29 is 22.0 Å². The molecule has 8 nitrogen and oxygen atoms in total. The second-order valence-corrected chi connectivity index (χ2v) is 13.3. The summed E-state index contributed by atoms with van der Waals surface area (Å²) in [5.41, 5.74) is 6.09. The van der Waals surface area contributed by atoms with E-state index in [1.807, 2.05) is 48.5 Å². The minimum Gasteiger partial charge on any atom is -0.455 e. The van der Waals surface area contributed by atoms with E-state index in [2.05, 4.69) is 16.0 Å². The minimum absolute atomic E-state index is 0.234. The summed E-state index contributed by atoms with van der Waals surface area (Å²) < 4.78 is 47.3. The summed E-state index contributed by atoms with van der Waals surface area (Å²) in [6, 6.07) is 30.4. The molecule has 0 radical (unpaired) electrons. The van der Waals surface area contributed by atoms with Gasteiger partial charge < -0.3 is 14.3 Å². The number of anilines is 2. The van der Waals surface area contributed by atoms with Gasteiger partial charge in [0.1, 0.15) is 17.2 Å². The maximum Gasteiger partial charge on any atom is 0.262 e. The van der Waals surface area contributed by atoms with Crippen LogP contribution < -0.4 is 9.21 Å². The molecule has 0 bridgehead atoms. The van der Waals surface area contributed by atoms with E-state index in [9.17, 15) is 17.6 Å². The maximum atomic E-state index is 14.3. The van der Waals surface area contributed by atoms with E-state index < -0.39 is 15.8 Å². The molecule has 4 aromatic carbocycles. The van der Waals surface area contributed by atoms with Crippen LogP contribution in [0.25, 0.3) is 55.6 Å². The van der Waals surface area contributed by atoms with Gasteiger partial charge in [-0.1, -0.05) is 36.4 Å². The Morgan fingerprint density at radius 3 is 2.34 bits per heavy atom. The number of nitrogens with zero attached hydrogens (tertiary/aromatic N) is 3. The molecule has 0 saturated carbocycles. The second-order valence-electron chi connectivity index (χ2n) is 11.3. The number of sulfonamides is 1. The van der Waals surface area contributed by atoms with Crippen LogP contribution in [0.1, 0.15) is 10.4 Å².